The van der Waals surface area contributed by atoms with E-state index >= 15 is 0 Å². The Hall–Kier alpha value is -2.89. The standard InChI is InChI=1S/C20H21FN2O3/c1-22(12-14-5-3-4-6-18(14)21)20(25)15-11-19(24)23(13-15)16-7-9-17(26-2)10-8-16/h3-10,15H,11-13H2,1-2H3. The number of carbonyl (C=O) groups excluding carboxylic acids is 2. The molecule has 0 bridgehead atoms. The van der Waals surface area contributed by atoms with Gasteiger partial charge in [-0.2, -0.15) is 0 Å². The van der Waals surface area contributed by atoms with Gasteiger partial charge in [-0.3, -0.25) is 9.59 Å². The summed E-state index contributed by atoms with van der Waals surface area (Å²) in [7, 11) is 3.21. The van der Waals surface area contributed by atoms with Gasteiger partial charge in [-0.15, -0.1) is 0 Å². The van der Waals surface area contributed by atoms with Crippen LogP contribution in [0.25, 0.3) is 0 Å². The van der Waals surface area contributed by atoms with Crippen molar-refractivity contribution in [1.29, 1.82) is 0 Å². The van der Waals surface area contributed by atoms with Crippen LogP contribution in [-0.4, -0.2) is 37.4 Å². The molecule has 0 N–H and O–H groups in total. The average molecular weight is 356 g/mol. The molecule has 0 aromatic heterocycles. The summed E-state index contributed by atoms with van der Waals surface area (Å²) in [4.78, 5) is 28.1. The molecular formula is C20H21FN2O3. The predicted octanol–water partition coefficient (Wildman–Crippen LogP) is 2.85. The quantitative estimate of drug-likeness (QED) is 0.828. The molecule has 1 aliphatic rings. The molecule has 1 saturated heterocycles. The number of carbonyl (C=O) groups is 2. The number of rotatable bonds is 5. The fraction of sp³-hybridized carbons (Fsp3) is 0.300. The molecule has 0 spiro atoms. The third-order valence-electron chi connectivity index (χ3n) is 4.60. The molecular weight excluding hydrogens is 335 g/mol. The van der Waals surface area contributed by atoms with E-state index in [9.17, 15) is 14.0 Å². The van der Waals surface area contributed by atoms with E-state index in [0.717, 1.165) is 5.69 Å². The zero-order valence-corrected chi connectivity index (χ0v) is 14.8. The number of methoxy groups -OCH3 is 1. The predicted molar refractivity (Wildman–Crippen MR) is 96.3 cm³/mol. The van der Waals surface area contributed by atoms with Gasteiger partial charge < -0.3 is 14.5 Å². The van der Waals surface area contributed by atoms with Crippen LogP contribution in [0.4, 0.5) is 10.1 Å². The van der Waals surface area contributed by atoms with E-state index in [1.165, 1.54) is 11.0 Å². The van der Waals surface area contributed by atoms with Crippen molar-refractivity contribution in [1.82, 2.24) is 4.90 Å². The molecule has 1 heterocycles. The van der Waals surface area contributed by atoms with Crippen molar-refractivity contribution in [2.24, 2.45) is 5.92 Å². The van der Waals surface area contributed by atoms with Crippen molar-refractivity contribution in [3.05, 3.63) is 59.9 Å². The molecule has 5 nitrogen and oxygen atoms in total. The topological polar surface area (TPSA) is 49.9 Å². The Morgan fingerprint density at radius 3 is 2.58 bits per heavy atom. The first-order chi connectivity index (χ1) is 12.5. The van der Waals surface area contributed by atoms with Crippen LogP contribution in [0.15, 0.2) is 48.5 Å². The Bertz CT molecular complexity index is 807. The van der Waals surface area contributed by atoms with Crippen LogP contribution >= 0.6 is 0 Å². The van der Waals surface area contributed by atoms with Gasteiger partial charge in [-0.05, 0) is 30.3 Å². The Balaban J connectivity index is 1.67. The number of amides is 2. The second kappa shape index (κ2) is 7.56. The lowest BCUT2D eigenvalue weighted by Crippen LogP contribution is -2.34. The largest absolute Gasteiger partial charge is 0.497 e. The minimum atomic E-state index is -0.429. The molecule has 0 radical (unpaired) electrons. The Morgan fingerprint density at radius 2 is 1.92 bits per heavy atom. The zero-order chi connectivity index (χ0) is 18.7. The van der Waals surface area contributed by atoms with Crippen LogP contribution < -0.4 is 9.64 Å². The lowest BCUT2D eigenvalue weighted by molar-refractivity contribution is -0.135. The van der Waals surface area contributed by atoms with Crippen molar-refractivity contribution >= 4 is 17.5 Å². The number of anilines is 1. The third kappa shape index (κ3) is 3.69. The number of ether oxygens (including phenoxy) is 1. The first-order valence-corrected chi connectivity index (χ1v) is 8.42. The van der Waals surface area contributed by atoms with Gasteiger partial charge in [0, 0.05) is 37.8 Å². The SMILES string of the molecule is COc1ccc(N2CC(C(=O)N(C)Cc3ccccc3F)CC2=O)cc1. The van der Waals surface area contributed by atoms with E-state index in [0.29, 0.717) is 17.9 Å². The summed E-state index contributed by atoms with van der Waals surface area (Å²) in [5.74, 6) is -0.307. The number of benzene rings is 2. The molecule has 1 fully saturated rings. The molecule has 0 aliphatic carbocycles. The van der Waals surface area contributed by atoms with Crippen molar-refractivity contribution in [2.75, 3.05) is 25.6 Å². The van der Waals surface area contributed by atoms with E-state index < -0.39 is 5.92 Å². The van der Waals surface area contributed by atoms with Crippen molar-refractivity contribution < 1.29 is 18.7 Å². The van der Waals surface area contributed by atoms with Crippen molar-refractivity contribution in [3.8, 4) is 5.75 Å². The molecule has 0 saturated carbocycles. The minimum Gasteiger partial charge on any atom is -0.497 e. The number of hydrogen-bond donors (Lipinski definition) is 0. The fourth-order valence-electron chi connectivity index (χ4n) is 3.16. The summed E-state index contributed by atoms with van der Waals surface area (Å²) >= 11 is 0. The van der Waals surface area contributed by atoms with Crippen LogP contribution in [0, 0.1) is 11.7 Å². The molecule has 2 amide bonds. The molecule has 1 unspecified atom stereocenters. The fourth-order valence-corrected chi connectivity index (χ4v) is 3.16. The lowest BCUT2D eigenvalue weighted by Gasteiger charge is -2.22. The molecule has 1 atom stereocenters. The van der Waals surface area contributed by atoms with E-state index in [-0.39, 0.29) is 30.6 Å². The minimum absolute atomic E-state index is 0.0900. The number of hydrogen-bond acceptors (Lipinski definition) is 3. The maximum Gasteiger partial charge on any atom is 0.228 e. The molecule has 2 aromatic carbocycles. The monoisotopic (exact) mass is 356 g/mol. The highest BCUT2D eigenvalue weighted by Gasteiger charge is 2.36. The van der Waals surface area contributed by atoms with Crippen molar-refractivity contribution in [3.63, 3.8) is 0 Å². The van der Waals surface area contributed by atoms with E-state index in [1.54, 1.807) is 61.5 Å². The first-order valence-electron chi connectivity index (χ1n) is 8.42. The van der Waals surface area contributed by atoms with E-state index in [2.05, 4.69) is 0 Å². The van der Waals surface area contributed by atoms with Gasteiger partial charge in [0.15, 0.2) is 0 Å². The molecule has 136 valence electrons. The highest BCUT2D eigenvalue weighted by atomic mass is 19.1. The van der Waals surface area contributed by atoms with Gasteiger partial charge in [0.05, 0.1) is 13.0 Å². The van der Waals surface area contributed by atoms with Gasteiger partial charge in [0.25, 0.3) is 0 Å². The van der Waals surface area contributed by atoms with Gasteiger partial charge >= 0.3 is 0 Å². The van der Waals surface area contributed by atoms with Crippen molar-refractivity contribution in [2.45, 2.75) is 13.0 Å². The van der Waals surface area contributed by atoms with Crippen LogP contribution in [-0.2, 0) is 16.1 Å². The second-order valence-corrected chi connectivity index (χ2v) is 6.39. The Kier molecular flexibility index (Phi) is 5.21. The molecule has 1 aliphatic heterocycles. The maximum atomic E-state index is 13.8. The van der Waals surface area contributed by atoms with Gasteiger partial charge in [0.2, 0.25) is 11.8 Å². The summed E-state index contributed by atoms with van der Waals surface area (Å²) in [5.41, 5.74) is 1.20. The zero-order valence-electron chi connectivity index (χ0n) is 14.8. The molecule has 6 heteroatoms. The number of nitrogens with zero attached hydrogens (tertiary/aromatic N) is 2. The van der Waals surface area contributed by atoms with Crippen LogP contribution in [0.2, 0.25) is 0 Å². The molecule has 26 heavy (non-hydrogen) atoms. The summed E-state index contributed by atoms with van der Waals surface area (Å²) in [5, 5.41) is 0. The summed E-state index contributed by atoms with van der Waals surface area (Å²) in [6.07, 6.45) is 0.159. The second-order valence-electron chi connectivity index (χ2n) is 6.39. The maximum absolute atomic E-state index is 13.8. The normalized spacial score (nSPS) is 16.7. The van der Waals surface area contributed by atoms with Crippen LogP contribution in [0.3, 0.4) is 0 Å². The van der Waals surface area contributed by atoms with Crippen LogP contribution in [0.1, 0.15) is 12.0 Å². The van der Waals surface area contributed by atoms with E-state index in [1.807, 2.05) is 0 Å². The summed E-state index contributed by atoms with van der Waals surface area (Å²) < 4.78 is 18.9. The summed E-state index contributed by atoms with van der Waals surface area (Å²) in [6.45, 7) is 0.504. The van der Waals surface area contributed by atoms with Gasteiger partial charge in [-0.1, -0.05) is 18.2 Å². The summed E-state index contributed by atoms with van der Waals surface area (Å²) in [6, 6.07) is 13.5. The Morgan fingerprint density at radius 1 is 1.23 bits per heavy atom. The Labute approximate surface area is 152 Å². The smallest absolute Gasteiger partial charge is 0.228 e. The first kappa shape index (κ1) is 17.9. The molecule has 2 aromatic rings. The lowest BCUT2D eigenvalue weighted by atomic mass is 10.1. The average Bonchev–Trinajstić information content (AvgIpc) is 3.04. The van der Waals surface area contributed by atoms with E-state index in [4.69, 9.17) is 4.74 Å². The van der Waals surface area contributed by atoms with Gasteiger partial charge in [-0.25, -0.2) is 4.39 Å². The third-order valence-corrected chi connectivity index (χ3v) is 4.60. The van der Waals surface area contributed by atoms with Crippen LogP contribution in [0.5, 0.6) is 5.75 Å². The van der Waals surface area contributed by atoms with Gasteiger partial charge in [0.1, 0.15) is 11.6 Å². The highest BCUT2D eigenvalue weighted by molar-refractivity contribution is 6.00. The molecule has 3 rings (SSSR count). The number of halogens is 1. The highest BCUT2D eigenvalue weighted by Crippen LogP contribution is 2.28.